The highest BCUT2D eigenvalue weighted by molar-refractivity contribution is 5.68. The van der Waals surface area contributed by atoms with Gasteiger partial charge in [-0.3, -0.25) is 0 Å². The molecule has 1 atom stereocenters. The first-order chi connectivity index (χ1) is 9.34. The lowest BCUT2D eigenvalue weighted by molar-refractivity contribution is 0.0510. The van der Waals surface area contributed by atoms with Gasteiger partial charge in [-0.1, -0.05) is 44.9 Å². The molecule has 0 aromatic rings. The van der Waals surface area contributed by atoms with Crippen LogP contribution in [0.1, 0.15) is 67.2 Å². The molecule has 1 amide bonds. The maximum Gasteiger partial charge on any atom is 0.408 e. The van der Waals surface area contributed by atoms with Crippen molar-refractivity contribution >= 4 is 6.09 Å². The van der Waals surface area contributed by atoms with Gasteiger partial charge in [0.2, 0.25) is 0 Å². The van der Waals surface area contributed by atoms with Crippen molar-refractivity contribution in [3.63, 3.8) is 0 Å². The highest BCUT2D eigenvalue weighted by Gasteiger charge is 2.20. The number of ether oxygens (including phenoxy) is 1. The molecule has 0 fully saturated rings. The van der Waals surface area contributed by atoms with Crippen LogP contribution in [0.4, 0.5) is 4.79 Å². The van der Waals surface area contributed by atoms with Gasteiger partial charge in [0.15, 0.2) is 0 Å². The van der Waals surface area contributed by atoms with E-state index in [1.807, 2.05) is 27.7 Å². The normalized spacial score (nSPS) is 14.4. The summed E-state index contributed by atoms with van der Waals surface area (Å²) in [6, 6.07) is 0.0256. The third-order valence-corrected chi connectivity index (χ3v) is 2.82. The van der Waals surface area contributed by atoms with E-state index in [0.717, 1.165) is 31.3 Å². The molecule has 3 heteroatoms. The van der Waals surface area contributed by atoms with Gasteiger partial charge in [0.05, 0.1) is 6.04 Å². The monoisotopic (exact) mass is 281 g/mol. The van der Waals surface area contributed by atoms with Crippen LogP contribution >= 0.6 is 0 Å². The highest BCUT2D eigenvalue weighted by atomic mass is 16.6. The summed E-state index contributed by atoms with van der Waals surface area (Å²) in [5.74, 6) is 0. The lowest BCUT2D eigenvalue weighted by atomic mass is 10.0. The number of nitrogens with one attached hydrogen (secondary N) is 1. The minimum absolute atomic E-state index is 0.0256. The fourth-order valence-electron chi connectivity index (χ4n) is 1.85. The van der Waals surface area contributed by atoms with Gasteiger partial charge in [-0.15, -0.1) is 0 Å². The number of hydrogen-bond acceptors (Lipinski definition) is 2. The summed E-state index contributed by atoms with van der Waals surface area (Å²) in [4.78, 5) is 11.9. The van der Waals surface area contributed by atoms with Gasteiger partial charge < -0.3 is 10.1 Å². The van der Waals surface area contributed by atoms with E-state index in [0.29, 0.717) is 0 Å². The summed E-state index contributed by atoms with van der Waals surface area (Å²) in [5, 5.41) is 2.99. The van der Waals surface area contributed by atoms with E-state index < -0.39 is 5.60 Å². The first-order valence-electron chi connectivity index (χ1n) is 7.66. The van der Waals surface area contributed by atoms with Crippen molar-refractivity contribution in [2.24, 2.45) is 0 Å². The molecule has 0 aliphatic carbocycles. The van der Waals surface area contributed by atoms with Crippen LogP contribution in [0.15, 0.2) is 23.8 Å². The number of carbonyl (C=O) groups excluding carboxylic acids is 1. The van der Waals surface area contributed by atoms with Crippen LogP contribution in [0.25, 0.3) is 0 Å². The SMILES string of the molecule is CC=C(C=CCC)C(CCCC)NC(=O)OC(C)(C)C. The predicted molar refractivity (Wildman–Crippen MR) is 85.9 cm³/mol. The molecule has 3 nitrogen and oxygen atoms in total. The molecule has 0 aromatic heterocycles. The van der Waals surface area contributed by atoms with Crippen LogP contribution in [0, 0.1) is 0 Å². The van der Waals surface area contributed by atoms with E-state index in [4.69, 9.17) is 4.74 Å². The van der Waals surface area contributed by atoms with Gasteiger partial charge in [-0.2, -0.15) is 0 Å². The molecule has 116 valence electrons. The lowest BCUT2D eigenvalue weighted by Crippen LogP contribution is -2.39. The van der Waals surface area contributed by atoms with Crippen LogP contribution in [0.3, 0.4) is 0 Å². The Balaban J connectivity index is 4.78. The Bertz CT molecular complexity index is 337. The molecule has 20 heavy (non-hydrogen) atoms. The van der Waals surface area contributed by atoms with Crippen molar-refractivity contribution < 1.29 is 9.53 Å². The zero-order chi connectivity index (χ0) is 15.6. The third-order valence-electron chi connectivity index (χ3n) is 2.82. The maximum absolute atomic E-state index is 11.9. The van der Waals surface area contributed by atoms with E-state index in [1.165, 1.54) is 0 Å². The number of allylic oxidation sites excluding steroid dienone is 2. The molecule has 0 aromatic carbocycles. The van der Waals surface area contributed by atoms with E-state index in [1.54, 1.807) is 0 Å². The Morgan fingerprint density at radius 2 is 1.95 bits per heavy atom. The number of hydrogen-bond donors (Lipinski definition) is 1. The van der Waals surface area contributed by atoms with Crippen LogP contribution < -0.4 is 5.32 Å². The fourth-order valence-corrected chi connectivity index (χ4v) is 1.85. The lowest BCUT2D eigenvalue weighted by Gasteiger charge is -2.24. The second kappa shape index (κ2) is 9.62. The Kier molecular flexibility index (Phi) is 9.02. The predicted octanol–water partition coefficient (Wildman–Crippen LogP) is 4.98. The van der Waals surface area contributed by atoms with Crippen molar-refractivity contribution in [1.82, 2.24) is 5.32 Å². The molecule has 0 aliphatic rings. The zero-order valence-corrected chi connectivity index (χ0v) is 14.0. The molecule has 0 aliphatic heterocycles. The Morgan fingerprint density at radius 1 is 1.30 bits per heavy atom. The number of unbranched alkanes of at least 4 members (excludes halogenated alkanes) is 1. The largest absolute Gasteiger partial charge is 0.444 e. The molecular weight excluding hydrogens is 250 g/mol. The van der Waals surface area contributed by atoms with Gasteiger partial charge in [0.25, 0.3) is 0 Å². The molecule has 0 heterocycles. The minimum atomic E-state index is -0.464. The molecule has 0 radical (unpaired) electrons. The standard InChI is InChI=1S/C17H31NO2/c1-7-10-12-14(9-3)15(13-11-8-2)18-16(19)20-17(4,5)6/h9-10,12,15H,7-8,11,13H2,1-6H3,(H,18,19). The van der Waals surface area contributed by atoms with Crippen molar-refractivity contribution in [3.05, 3.63) is 23.8 Å². The van der Waals surface area contributed by atoms with E-state index in [2.05, 4.69) is 37.4 Å². The summed E-state index contributed by atoms with van der Waals surface area (Å²) >= 11 is 0. The minimum Gasteiger partial charge on any atom is -0.444 e. The Labute approximate surface area is 124 Å². The van der Waals surface area contributed by atoms with Gasteiger partial charge in [0, 0.05) is 0 Å². The van der Waals surface area contributed by atoms with E-state index in [-0.39, 0.29) is 12.1 Å². The average molecular weight is 281 g/mol. The topological polar surface area (TPSA) is 38.3 Å². The van der Waals surface area contributed by atoms with Crippen LogP contribution in [0.5, 0.6) is 0 Å². The molecule has 1 N–H and O–H groups in total. The van der Waals surface area contributed by atoms with Gasteiger partial charge in [0.1, 0.15) is 5.60 Å². The van der Waals surface area contributed by atoms with E-state index in [9.17, 15) is 4.79 Å². The van der Waals surface area contributed by atoms with Gasteiger partial charge in [-0.25, -0.2) is 4.79 Å². The summed E-state index contributed by atoms with van der Waals surface area (Å²) < 4.78 is 5.35. The second-order valence-corrected chi connectivity index (χ2v) is 5.94. The van der Waals surface area contributed by atoms with Gasteiger partial charge >= 0.3 is 6.09 Å². The third kappa shape index (κ3) is 8.78. The molecule has 0 rings (SSSR count). The summed E-state index contributed by atoms with van der Waals surface area (Å²) in [6.07, 6.45) is 10.0. The van der Waals surface area contributed by atoms with Crippen LogP contribution in [-0.2, 0) is 4.74 Å². The zero-order valence-electron chi connectivity index (χ0n) is 14.0. The second-order valence-electron chi connectivity index (χ2n) is 5.94. The first kappa shape index (κ1) is 18.8. The van der Waals surface area contributed by atoms with Crippen molar-refractivity contribution in [1.29, 1.82) is 0 Å². The Morgan fingerprint density at radius 3 is 2.40 bits per heavy atom. The van der Waals surface area contributed by atoms with Gasteiger partial charge in [-0.05, 0) is 46.1 Å². The Hall–Kier alpha value is -1.25. The highest BCUT2D eigenvalue weighted by Crippen LogP contribution is 2.14. The quantitative estimate of drug-likeness (QED) is 0.668. The van der Waals surface area contributed by atoms with E-state index >= 15 is 0 Å². The summed E-state index contributed by atoms with van der Waals surface area (Å²) in [7, 11) is 0. The summed E-state index contributed by atoms with van der Waals surface area (Å²) in [5.41, 5.74) is 0.681. The molecular formula is C17H31NO2. The smallest absolute Gasteiger partial charge is 0.408 e. The van der Waals surface area contributed by atoms with Crippen molar-refractivity contribution in [3.8, 4) is 0 Å². The fraction of sp³-hybridized carbons (Fsp3) is 0.706. The van der Waals surface area contributed by atoms with Crippen LogP contribution in [0.2, 0.25) is 0 Å². The summed E-state index contributed by atoms with van der Waals surface area (Å²) in [6.45, 7) is 11.9. The maximum atomic E-state index is 11.9. The molecule has 1 unspecified atom stereocenters. The molecule has 0 spiro atoms. The van der Waals surface area contributed by atoms with Crippen molar-refractivity contribution in [2.45, 2.75) is 78.9 Å². The number of rotatable bonds is 7. The molecule has 0 saturated carbocycles. The molecule has 0 saturated heterocycles. The molecule has 0 bridgehead atoms. The van der Waals surface area contributed by atoms with Crippen LogP contribution in [-0.4, -0.2) is 17.7 Å². The van der Waals surface area contributed by atoms with Crippen molar-refractivity contribution in [2.75, 3.05) is 0 Å². The first-order valence-corrected chi connectivity index (χ1v) is 7.66. The number of amides is 1. The number of alkyl carbamates (subject to hydrolysis) is 1. The number of carbonyl (C=O) groups is 1. The average Bonchev–Trinajstić information content (AvgIpc) is 2.34.